The number of hydrogen-bond acceptors (Lipinski definition) is 4. The monoisotopic (exact) mass is 318 g/mol. The zero-order valence-corrected chi connectivity index (χ0v) is 13.8. The molecule has 0 saturated carbocycles. The molecule has 5 heteroatoms. The molecule has 3 heterocycles. The molecule has 1 atom stereocenters. The second-order valence-electron chi connectivity index (χ2n) is 5.83. The van der Waals surface area contributed by atoms with E-state index >= 15 is 0 Å². The molecule has 2 aromatic rings. The van der Waals surface area contributed by atoms with Gasteiger partial charge in [-0.2, -0.15) is 0 Å². The summed E-state index contributed by atoms with van der Waals surface area (Å²) in [5.74, 6) is 1.15. The maximum absolute atomic E-state index is 12.7. The molecule has 0 bridgehead atoms. The lowest BCUT2D eigenvalue weighted by Crippen LogP contribution is -2.34. The fourth-order valence-electron chi connectivity index (χ4n) is 3.11. The van der Waals surface area contributed by atoms with Crippen LogP contribution in [0.3, 0.4) is 0 Å². The third-order valence-electron chi connectivity index (χ3n) is 4.36. The lowest BCUT2D eigenvalue weighted by molar-refractivity contribution is -0.134. The molecule has 0 radical (unpaired) electrons. The highest BCUT2D eigenvalue weighted by atomic mass is 32.1. The minimum absolute atomic E-state index is 0.104. The van der Waals surface area contributed by atoms with Crippen LogP contribution in [-0.4, -0.2) is 22.3 Å². The summed E-state index contributed by atoms with van der Waals surface area (Å²) in [4.78, 5) is 20.2. The topological polar surface area (TPSA) is 46.3 Å². The Balaban J connectivity index is 1.69. The molecule has 0 spiro atoms. The molecule has 0 aliphatic carbocycles. The Morgan fingerprint density at radius 1 is 1.45 bits per heavy atom. The van der Waals surface area contributed by atoms with Gasteiger partial charge >= 0.3 is 0 Å². The second kappa shape index (κ2) is 7.09. The van der Waals surface area contributed by atoms with Gasteiger partial charge in [-0.1, -0.05) is 12.8 Å². The number of nitrogens with zero attached hydrogens (tertiary/aromatic N) is 2. The van der Waals surface area contributed by atoms with Crippen molar-refractivity contribution in [1.29, 1.82) is 0 Å². The van der Waals surface area contributed by atoms with E-state index in [0.29, 0.717) is 6.42 Å². The number of furan rings is 1. The Bertz CT molecular complexity index is 606. The number of amides is 1. The fourth-order valence-corrected chi connectivity index (χ4v) is 3.89. The summed E-state index contributed by atoms with van der Waals surface area (Å²) in [6.45, 7) is 2.85. The van der Waals surface area contributed by atoms with Crippen molar-refractivity contribution in [2.24, 2.45) is 0 Å². The van der Waals surface area contributed by atoms with Crippen molar-refractivity contribution in [3.8, 4) is 0 Å². The Kier molecular flexibility index (Phi) is 4.93. The van der Waals surface area contributed by atoms with Gasteiger partial charge < -0.3 is 9.32 Å². The summed E-state index contributed by atoms with van der Waals surface area (Å²) in [5.41, 5.74) is 2.91. The summed E-state index contributed by atoms with van der Waals surface area (Å²) >= 11 is 1.64. The third kappa shape index (κ3) is 3.40. The van der Waals surface area contributed by atoms with Gasteiger partial charge in [-0.3, -0.25) is 4.79 Å². The van der Waals surface area contributed by atoms with Crippen molar-refractivity contribution in [3.05, 3.63) is 40.2 Å². The first-order valence-corrected chi connectivity index (χ1v) is 8.85. The predicted molar refractivity (Wildman–Crippen MR) is 86.8 cm³/mol. The highest BCUT2D eigenvalue weighted by molar-refractivity contribution is 7.09. The average molecular weight is 318 g/mol. The highest BCUT2D eigenvalue weighted by Crippen LogP contribution is 2.31. The molecule has 4 nitrogen and oxygen atoms in total. The molecule has 1 aliphatic rings. The number of hydrogen-bond donors (Lipinski definition) is 0. The largest absolute Gasteiger partial charge is 0.467 e. The predicted octanol–water partition coefficient (Wildman–Crippen LogP) is 4.12. The van der Waals surface area contributed by atoms with Crippen molar-refractivity contribution in [3.63, 3.8) is 0 Å². The van der Waals surface area contributed by atoms with Gasteiger partial charge in [0.1, 0.15) is 5.76 Å². The van der Waals surface area contributed by atoms with Crippen LogP contribution in [0.4, 0.5) is 0 Å². The number of aryl methyl sites for hydroxylation is 2. The summed E-state index contributed by atoms with van der Waals surface area (Å²) in [7, 11) is 0. The lowest BCUT2D eigenvalue weighted by atomic mass is 10.1. The van der Waals surface area contributed by atoms with E-state index in [2.05, 4.69) is 4.98 Å². The number of likely N-dealkylation sites (tertiary alicyclic amines) is 1. The Morgan fingerprint density at radius 2 is 2.36 bits per heavy atom. The van der Waals surface area contributed by atoms with E-state index in [0.717, 1.165) is 43.7 Å². The third-order valence-corrected chi connectivity index (χ3v) is 5.35. The standard InChI is InChI=1S/C17H22N2O2S/c1-13-16(22-12-18-13)8-9-17(20)19-10-4-2-3-6-14(19)15-7-5-11-21-15/h5,7,11-12,14H,2-4,6,8-10H2,1H3/t14-/m1/s1. The molecule has 3 rings (SSSR count). The zero-order valence-electron chi connectivity index (χ0n) is 13.0. The van der Waals surface area contributed by atoms with Crippen molar-refractivity contribution < 1.29 is 9.21 Å². The molecule has 0 unspecified atom stereocenters. The normalized spacial score (nSPS) is 19.1. The molecule has 1 aliphatic heterocycles. The van der Waals surface area contributed by atoms with E-state index in [-0.39, 0.29) is 11.9 Å². The van der Waals surface area contributed by atoms with Crippen LogP contribution >= 0.6 is 11.3 Å². The Hall–Kier alpha value is -1.62. The number of aromatic nitrogens is 1. The number of carbonyl (C=O) groups is 1. The molecule has 0 aromatic carbocycles. The summed E-state index contributed by atoms with van der Waals surface area (Å²) in [6.07, 6.45) is 7.47. The number of carbonyl (C=O) groups excluding carboxylic acids is 1. The van der Waals surface area contributed by atoms with Crippen molar-refractivity contribution in [2.75, 3.05) is 6.54 Å². The molecule has 1 amide bonds. The van der Waals surface area contributed by atoms with Gasteiger partial charge in [0, 0.05) is 17.8 Å². The van der Waals surface area contributed by atoms with Gasteiger partial charge in [-0.25, -0.2) is 4.98 Å². The highest BCUT2D eigenvalue weighted by Gasteiger charge is 2.28. The van der Waals surface area contributed by atoms with Crippen LogP contribution in [0.1, 0.15) is 54.5 Å². The molecule has 2 aromatic heterocycles. The van der Waals surface area contributed by atoms with E-state index in [4.69, 9.17) is 4.42 Å². The first-order valence-electron chi connectivity index (χ1n) is 7.97. The van der Waals surface area contributed by atoms with E-state index in [1.807, 2.05) is 29.5 Å². The summed E-state index contributed by atoms with van der Waals surface area (Å²) < 4.78 is 5.58. The van der Waals surface area contributed by atoms with Crippen LogP contribution in [0.5, 0.6) is 0 Å². The molecule has 118 valence electrons. The van der Waals surface area contributed by atoms with Crippen molar-refractivity contribution >= 4 is 17.2 Å². The molecule has 1 fully saturated rings. The van der Waals surface area contributed by atoms with Gasteiger partial charge in [0.15, 0.2) is 0 Å². The number of rotatable bonds is 4. The van der Waals surface area contributed by atoms with Gasteiger partial charge in [0.25, 0.3) is 0 Å². The van der Waals surface area contributed by atoms with E-state index < -0.39 is 0 Å². The lowest BCUT2D eigenvalue weighted by Gasteiger charge is -2.28. The molecule has 22 heavy (non-hydrogen) atoms. The van der Waals surface area contributed by atoms with E-state index in [1.165, 1.54) is 11.3 Å². The first kappa shape index (κ1) is 15.3. The zero-order chi connectivity index (χ0) is 15.4. The van der Waals surface area contributed by atoms with Crippen molar-refractivity contribution in [1.82, 2.24) is 9.88 Å². The average Bonchev–Trinajstić information content (AvgIpc) is 3.12. The van der Waals surface area contributed by atoms with Crippen LogP contribution in [0.15, 0.2) is 28.3 Å². The summed E-state index contributed by atoms with van der Waals surface area (Å²) in [5, 5.41) is 0. The van der Waals surface area contributed by atoms with Crippen molar-refractivity contribution in [2.45, 2.75) is 51.5 Å². The SMILES string of the molecule is Cc1ncsc1CCC(=O)N1CCCCC[C@@H]1c1ccco1. The Morgan fingerprint density at radius 3 is 3.09 bits per heavy atom. The first-order chi connectivity index (χ1) is 10.8. The Labute approximate surface area is 135 Å². The molecule has 0 N–H and O–H groups in total. The van der Waals surface area contributed by atoms with Crippen LogP contribution < -0.4 is 0 Å². The van der Waals surface area contributed by atoms with Crippen LogP contribution in [0.2, 0.25) is 0 Å². The van der Waals surface area contributed by atoms with Crippen LogP contribution in [-0.2, 0) is 11.2 Å². The smallest absolute Gasteiger partial charge is 0.223 e. The minimum Gasteiger partial charge on any atom is -0.467 e. The van der Waals surface area contributed by atoms with E-state index in [9.17, 15) is 4.79 Å². The number of thiazole rings is 1. The summed E-state index contributed by atoms with van der Waals surface area (Å²) in [6, 6.07) is 4.00. The van der Waals surface area contributed by atoms with Crippen LogP contribution in [0.25, 0.3) is 0 Å². The maximum atomic E-state index is 12.7. The fraction of sp³-hybridized carbons (Fsp3) is 0.529. The minimum atomic E-state index is 0.104. The second-order valence-corrected chi connectivity index (χ2v) is 6.77. The van der Waals surface area contributed by atoms with Crippen LogP contribution in [0, 0.1) is 6.92 Å². The van der Waals surface area contributed by atoms with Gasteiger partial charge in [0.05, 0.1) is 23.5 Å². The van der Waals surface area contributed by atoms with Gasteiger partial charge in [-0.15, -0.1) is 11.3 Å². The molecule has 1 saturated heterocycles. The quantitative estimate of drug-likeness (QED) is 0.852. The van der Waals surface area contributed by atoms with Gasteiger partial charge in [-0.05, 0) is 38.3 Å². The van der Waals surface area contributed by atoms with Gasteiger partial charge in [0.2, 0.25) is 5.91 Å². The van der Waals surface area contributed by atoms with E-state index in [1.54, 1.807) is 17.6 Å². The maximum Gasteiger partial charge on any atom is 0.223 e. The molecular weight excluding hydrogens is 296 g/mol. The molecular formula is C17H22N2O2S.